The third-order valence-corrected chi connectivity index (χ3v) is 5.62. The quantitative estimate of drug-likeness (QED) is 0.864. The fourth-order valence-electron chi connectivity index (χ4n) is 4.17. The third-order valence-electron chi connectivity index (χ3n) is 5.62. The summed E-state index contributed by atoms with van der Waals surface area (Å²) in [7, 11) is 1.88. The molecule has 1 spiro atoms. The number of aromatic nitrogens is 3. The number of anilines is 1. The van der Waals surface area contributed by atoms with E-state index in [2.05, 4.69) is 15.4 Å². The molecule has 25 heavy (non-hydrogen) atoms. The van der Waals surface area contributed by atoms with Gasteiger partial charge in [-0.15, -0.1) is 0 Å². The normalized spacial score (nSPS) is 20.2. The Balaban J connectivity index is 1.48. The molecule has 2 aromatic rings. The van der Waals surface area contributed by atoms with Crippen molar-refractivity contribution >= 4 is 22.8 Å². The minimum Gasteiger partial charge on any atom is -0.381 e. The van der Waals surface area contributed by atoms with Crippen LogP contribution in [0.1, 0.15) is 31.4 Å². The summed E-state index contributed by atoms with van der Waals surface area (Å²) in [6.45, 7) is 5.22. The molecule has 4 heterocycles. The van der Waals surface area contributed by atoms with Crippen LogP contribution in [0.5, 0.6) is 0 Å². The highest BCUT2D eigenvalue weighted by Crippen LogP contribution is 2.39. The standard InChI is InChI=1S/C18H25N5O2/c1-13-15-10-14(11-19-16(15)22(2)21-13)20-17(24)23-7-3-4-18(12-23)5-8-25-9-6-18/h10-11H,3-9,12H2,1-2H3,(H,20,24). The lowest BCUT2D eigenvalue weighted by Gasteiger charge is -2.44. The van der Waals surface area contributed by atoms with Crippen LogP contribution in [0.4, 0.5) is 10.5 Å². The predicted molar refractivity (Wildman–Crippen MR) is 95.6 cm³/mol. The number of hydrogen-bond donors (Lipinski definition) is 1. The highest BCUT2D eigenvalue weighted by Gasteiger charge is 2.38. The van der Waals surface area contributed by atoms with Crippen LogP contribution in [-0.4, -0.2) is 52.0 Å². The van der Waals surface area contributed by atoms with E-state index in [0.717, 1.165) is 68.0 Å². The lowest BCUT2D eigenvalue weighted by molar-refractivity contribution is -0.0175. The van der Waals surface area contributed by atoms with E-state index in [9.17, 15) is 4.79 Å². The first-order valence-corrected chi connectivity index (χ1v) is 8.99. The number of carbonyl (C=O) groups excluding carboxylic acids is 1. The molecule has 134 valence electrons. The molecule has 0 radical (unpaired) electrons. The maximum atomic E-state index is 12.8. The van der Waals surface area contributed by atoms with Gasteiger partial charge >= 0.3 is 6.03 Å². The van der Waals surface area contributed by atoms with Crippen molar-refractivity contribution in [1.82, 2.24) is 19.7 Å². The Morgan fingerprint density at radius 2 is 2.12 bits per heavy atom. The van der Waals surface area contributed by atoms with Crippen LogP contribution in [0.25, 0.3) is 11.0 Å². The largest absolute Gasteiger partial charge is 0.381 e. The number of rotatable bonds is 1. The number of ether oxygens (including phenoxy) is 1. The molecule has 2 fully saturated rings. The fraction of sp³-hybridized carbons (Fsp3) is 0.611. The summed E-state index contributed by atoms with van der Waals surface area (Å²) >= 11 is 0. The number of urea groups is 1. The molecule has 2 amide bonds. The van der Waals surface area contributed by atoms with Gasteiger partial charge in [0, 0.05) is 38.7 Å². The predicted octanol–water partition coefficient (Wildman–Crippen LogP) is 2.70. The van der Waals surface area contributed by atoms with Gasteiger partial charge in [0.25, 0.3) is 0 Å². The first-order chi connectivity index (χ1) is 12.1. The number of hydrogen-bond acceptors (Lipinski definition) is 4. The monoisotopic (exact) mass is 343 g/mol. The second-order valence-electron chi connectivity index (χ2n) is 7.37. The van der Waals surface area contributed by atoms with Crippen LogP contribution in [0.3, 0.4) is 0 Å². The first-order valence-electron chi connectivity index (χ1n) is 8.99. The summed E-state index contributed by atoms with van der Waals surface area (Å²) in [6.07, 6.45) is 6.07. The van der Waals surface area contributed by atoms with Crippen molar-refractivity contribution in [3.8, 4) is 0 Å². The van der Waals surface area contributed by atoms with Gasteiger partial charge in [-0.3, -0.25) is 4.68 Å². The second kappa shape index (κ2) is 6.29. The van der Waals surface area contributed by atoms with Crippen LogP contribution in [0, 0.1) is 12.3 Å². The zero-order valence-corrected chi connectivity index (χ0v) is 14.9. The number of likely N-dealkylation sites (tertiary alicyclic amines) is 1. The Morgan fingerprint density at radius 1 is 1.32 bits per heavy atom. The van der Waals surface area contributed by atoms with Crippen molar-refractivity contribution in [1.29, 1.82) is 0 Å². The number of fused-ring (bicyclic) bond motifs is 1. The minimum atomic E-state index is -0.0340. The van der Waals surface area contributed by atoms with Crippen LogP contribution >= 0.6 is 0 Å². The van der Waals surface area contributed by atoms with Gasteiger partial charge in [0.1, 0.15) is 0 Å². The Labute approximate surface area is 147 Å². The molecule has 7 heteroatoms. The van der Waals surface area contributed by atoms with Gasteiger partial charge in [-0.05, 0) is 44.1 Å². The number of carbonyl (C=O) groups is 1. The Hall–Kier alpha value is -2.15. The molecule has 0 bridgehead atoms. The van der Waals surface area contributed by atoms with E-state index < -0.39 is 0 Å². The van der Waals surface area contributed by atoms with Crippen LogP contribution < -0.4 is 5.32 Å². The maximum Gasteiger partial charge on any atom is 0.321 e. The van der Waals surface area contributed by atoms with Crippen molar-refractivity contribution in [2.75, 3.05) is 31.6 Å². The summed E-state index contributed by atoms with van der Waals surface area (Å²) in [5.74, 6) is 0. The van der Waals surface area contributed by atoms with E-state index in [-0.39, 0.29) is 11.4 Å². The van der Waals surface area contributed by atoms with E-state index in [4.69, 9.17) is 4.74 Å². The molecule has 2 saturated heterocycles. The van der Waals surface area contributed by atoms with E-state index in [0.29, 0.717) is 0 Å². The van der Waals surface area contributed by atoms with Gasteiger partial charge < -0.3 is 15.0 Å². The third kappa shape index (κ3) is 3.08. The Kier molecular flexibility index (Phi) is 4.11. The van der Waals surface area contributed by atoms with Crippen LogP contribution in [0.2, 0.25) is 0 Å². The van der Waals surface area contributed by atoms with Gasteiger partial charge in [0.2, 0.25) is 0 Å². The van der Waals surface area contributed by atoms with E-state index in [1.807, 2.05) is 24.9 Å². The molecular formula is C18H25N5O2. The summed E-state index contributed by atoms with van der Waals surface area (Å²) in [5, 5.41) is 8.37. The Morgan fingerprint density at radius 3 is 2.92 bits per heavy atom. The molecule has 1 N–H and O–H groups in total. The highest BCUT2D eigenvalue weighted by atomic mass is 16.5. The van der Waals surface area contributed by atoms with Crippen molar-refractivity contribution in [2.24, 2.45) is 12.5 Å². The van der Waals surface area contributed by atoms with Crippen molar-refractivity contribution in [3.05, 3.63) is 18.0 Å². The number of amides is 2. The fourth-order valence-corrected chi connectivity index (χ4v) is 4.17. The summed E-state index contributed by atoms with van der Waals surface area (Å²) < 4.78 is 7.27. The average Bonchev–Trinajstić information content (AvgIpc) is 2.89. The Bertz CT molecular complexity index is 789. The van der Waals surface area contributed by atoms with Crippen LogP contribution in [-0.2, 0) is 11.8 Å². The van der Waals surface area contributed by atoms with Crippen molar-refractivity contribution in [2.45, 2.75) is 32.6 Å². The van der Waals surface area contributed by atoms with Gasteiger partial charge in [0.05, 0.1) is 17.6 Å². The second-order valence-corrected chi connectivity index (χ2v) is 7.37. The maximum absolute atomic E-state index is 12.8. The summed E-state index contributed by atoms with van der Waals surface area (Å²) in [6, 6.07) is 1.92. The zero-order chi connectivity index (χ0) is 17.4. The molecule has 0 atom stereocenters. The van der Waals surface area contributed by atoms with Crippen LogP contribution in [0.15, 0.2) is 12.3 Å². The van der Waals surface area contributed by atoms with Crippen molar-refractivity contribution < 1.29 is 9.53 Å². The summed E-state index contributed by atoms with van der Waals surface area (Å²) in [5.41, 5.74) is 2.71. The van der Waals surface area contributed by atoms with Gasteiger partial charge in [0.15, 0.2) is 5.65 Å². The molecule has 0 unspecified atom stereocenters. The molecular weight excluding hydrogens is 318 g/mol. The molecule has 0 aliphatic carbocycles. The number of aryl methyl sites for hydroxylation is 2. The molecule has 2 aliphatic heterocycles. The minimum absolute atomic E-state index is 0.0340. The number of piperidine rings is 1. The molecule has 0 saturated carbocycles. The molecule has 2 aromatic heterocycles. The lowest BCUT2D eigenvalue weighted by atomic mass is 9.74. The average molecular weight is 343 g/mol. The van der Waals surface area contributed by atoms with E-state index in [1.165, 1.54) is 6.42 Å². The first kappa shape index (κ1) is 16.3. The molecule has 4 rings (SSSR count). The molecule has 7 nitrogen and oxygen atoms in total. The molecule has 2 aliphatic rings. The lowest BCUT2D eigenvalue weighted by Crippen LogP contribution is -2.49. The van der Waals surface area contributed by atoms with Gasteiger partial charge in [-0.25, -0.2) is 9.78 Å². The van der Waals surface area contributed by atoms with Gasteiger partial charge in [-0.1, -0.05) is 0 Å². The smallest absolute Gasteiger partial charge is 0.321 e. The summed E-state index contributed by atoms with van der Waals surface area (Å²) in [4.78, 5) is 19.1. The highest BCUT2D eigenvalue weighted by molar-refractivity contribution is 5.92. The van der Waals surface area contributed by atoms with E-state index >= 15 is 0 Å². The number of nitrogens with zero attached hydrogens (tertiary/aromatic N) is 4. The van der Waals surface area contributed by atoms with E-state index in [1.54, 1.807) is 10.9 Å². The van der Waals surface area contributed by atoms with Crippen molar-refractivity contribution in [3.63, 3.8) is 0 Å². The topological polar surface area (TPSA) is 72.3 Å². The zero-order valence-electron chi connectivity index (χ0n) is 14.9. The number of nitrogens with one attached hydrogen (secondary N) is 1. The number of pyridine rings is 1. The molecule has 0 aromatic carbocycles. The SMILES string of the molecule is Cc1nn(C)c2ncc(NC(=O)N3CCCC4(CCOCC4)C3)cc12. The van der Waals surface area contributed by atoms with Gasteiger partial charge in [-0.2, -0.15) is 5.10 Å².